The summed E-state index contributed by atoms with van der Waals surface area (Å²) in [7, 11) is 1.48. The Labute approximate surface area is 237 Å². The number of nitrogens with one attached hydrogen (secondary N) is 3. The maximum Gasteiger partial charge on any atom is 0.254 e. The van der Waals surface area contributed by atoms with Crippen LogP contribution in [0.15, 0.2) is 48.5 Å². The van der Waals surface area contributed by atoms with E-state index >= 15 is 0 Å². The molecule has 0 aliphatic carbocycles. The van der Waals surface area contributed by atoms with Gasteiger partial charge < -0.3 is 31.3 Å². The van der Waals surface area contributed by atoms with Gasteiger partial charge in [0.25, 0.3) is 11.8 Å². The van der Waals surface area contributed by atoms with Gasteiger partial charge >= 0.3 is 0 Å². The summed E-state index contributed by atoms with van der Waals surface area (Å²) >= 11 is 0. The molecule has 2 rings (SSSR count). The Morgan fingerprint density at radius 3 is 2.20 bits per heavy atom. The lowest BCUT2D eigenvalue weighted by atomic mass is 10.0. The van der Waals surface area contributed by atoms with Crippen molar-refractivity contribution >= 4 is 23.6 Å². The number of amides is 4. The van der Waals surface area contributed by atoms with Crippen molar-refractivity contribution in [3.63, 3.8) is 0 Å². The summed E-state index contributed by atoms with van der Waals surface area (Å²) in [6, 6.07) is 13.8. The van der Waals surface area contributed by atoms with Gasteiger partial charge in [-0.2, -0.15) is 0 Å². The summed E-state index contributed by atoms with van der Waals surface area (Å²) in [4.78, 5) is 52.3. The largest absolute Gasteiger partial charge is 0.497 e. The summed E-state index contributed by atoms with van der Waals surface area (Å²) < 4.78 is 5.33. The first kappa shape index (κ1) is 32.3. The van der Waals surface area contributed by atoms with Crippen LogP contribution in [-0.4, -0.2) is 67.9 Å². The smallest absolute Gasteiger partial charge is 0.254 e. The van der Waals surface area contributed by atoms with Crippen LogP contribution < -0.4 is 26.4 Å². The fourth-order valence-corrected chi connectivity index (χ4v) is 4.18. The molecule has 0 saturated carbocycles. The van der Waals surface area contributed by atoms with Gasteiger partial charge in [0.2, 0.25) is 11.8 Å². The first-order valence-electron chi connectivity index (χ1n) is 13.8. The van der Waals surface area contributed by atoms with E-state index in [4.69, 9.17) is 10.5 Å². The Balaban J connectivity index is 1.85. The minimum Gasteiger partial charge on any atom is -0.497 e. The number of carbonyl (C=O) groups excluding carboxylic acids is 4. The van der Waals surface area contributed by atoms with Crippen LogP contribution >= 0.6 is 0 Å². The zero-order valence-corrected chi connectivity index (χ0v) is 24.0. The fraction of sp³-hybridized carbons (Fsp3) is 0.467. The average molecular weight is 554 g/mol. The van der Waals surface area contributed by atoms with E-state index in [0.717, 1.165) is 18.4 Å². The van der Waals surface area contributed by atoms with Crippen molar-refractivity contribution < 1.29 is 23.9 Å². The summed E-state index contributed by atoms with van der Waals surface area (Å²) in [5, 5.41) is 8.17. The second-order valence-corrected chi connectivity index (χ2v) is 9.83. The molecule has 2 atom stereocenters. The molecule has 0 bridgehead atoms. The van der Waals surface area contributed by atoms with Gasteiger partial charge in [0.05, 0.1) is 13.7 Å². The molecule has 2 unspecified atom stereocenters. The average Bonchev–Trinajstić information content (AvgIpc) is 2.97. The van der Waals surface area contributed by atoms with Gasteiger partial charge in [0.1, 0.15) is 5.75 Å². The Bertz CT molecular complexity index is 1120. The van der Waals surface area contributed by atoms with Crippen LogP contribution in [0.3, 0.4) is 0 Å². The number of rotatable bonds is 16. The van der Waals surface area contributed by atoms with E-state index in [-0.39, 0.29) is 36.4 Å². The topological polar surface area (TPSA) is 143 Å². The van der Waals surface area contributed by atoms with Crippen molar-refractivity contribution in [1.29, 1.82) is 0 Å². The normalized spacial score (nSPS) is 12.1. The second kappa shape index (κ2) is 16.9. The third-order valence-corrected chi connectivity index (χ3v) is 6.31. The molecular formula is C30H43N5O5. The molecule has 0 fully saturated rings. The molecule has 0 radical (unpaired) electrons. The lowest BCUT2D eigenvalue weighted by molar-refractivity contribution is -0.128. The summed E-state index contributed by atoms with van der Waals surface area (Å²) in [6.45, 7) is 7.38. The molecule has 0 aliphatic rings. The van der Waals surface area contributed by atoms with Gasteiger partial charge in [0, 0.05) is 49.3 Å². The molecule has 5 N–H and O–H groups in total. The van der Waals surface area contributed by atoms with E-state index in [2.05, 4.69) is 16.0 Å². The van der Waals surface area contributed by atoms with E-state index in [1.807, 2.05) is 44.2 Å². The third-order valence-electron chi connectivity index (χ3n) is 6.31. The maximum absolute atomic E-state index is 13.1. The highest BCUT2D eigenvalue weighted by atomic mass is 16.5. The van der Waals surface area contributed by atoms with E-state index in [1.54, 1.807) is 30.0 Å². The van der Waals surface area contributed by atoms with E-state index in [1.165, 1.54) is 7.11 Å². The highest BCUT2D eigenvalue weighted by molar-refractivity contribution is 6.00. The molecule has 0 heterocycles. The zero-order valence-electron chi connectivity index (χ0n) is 24.0. The number of methoxy groups -OCH3 is 1. The monoisotopic (exact) mass is 553 g/mol. The molecule has 10 nitrogen and oxygen atoms in total. The molecule has 2 aromatic carbocycles. The molecule has 218 valence electrons. The minimum atomic E-state index is -0.493. The first-order chi connectivity index (χ1) is 19.2. The summed E-state index contributed by atoms with van der Waals surface area (Å²) in [5.74, 6) is -1.18. The van der Waals surface area contributed by atoms with Gasteiger partial charge in [-0.05, 0) is 43.0 Å². The standard InChI is InChI=1S/C30H43N5O5/c1-5-12-35(13-6-2)30(39)24-15-23(16-26(17-24)40-4)29(38)33-19-25(31)14-21(3)28(37)34-20-27(36)32-18-22-10-8-7-9-11-22/h7-11,15-17,21,25H,5-6,12-14,18-20,31H2,1-4H3,(H,32,36)(H,33,38)(H,34,37). The summed E-state index contributed by atoms with van der Waals surface area (Å²) in [5.41, 5.74) is 7.83. The Morgan fingerprint density at radius 2 is 1.57 bits per heavy atom. The van der Waals surface area contributed by atoms with Crippen LogP contribution in [0, 0.1) is 5.92 Å². The zero-order chi connectivity index (χ0) is 29.5. The van der Waals surface area contributed by atoms with Gasteiger partial charge in [-0.25, -0.2) is 0 Å². The van der Waals surface area contributed by atoms with Gasteiger partial charge in [-0.15, -0.1) is 0 Å². The molecule has 0 aliphatic heterocycles. The molecule has 2 aromatic rings. The van der Waals surface area contributed by atoms with Crippen molar-refractivity contribution in [3.8, 4) is 5.75 Å². The number of hydrogen-bond donors (Lipinski definition) is 4. The number of carbonyl (C=O) groups is 4. The molecule has 0 saturated heterocycles. The Kier molecular flexibility index (Phi) is 13.7. The molecule has 40 heavy (non-hydrogen) atoms. The van der Waals surface area contributed by atoms with Gasteiger partial charge in [-0.1, -0.05) is 51.1 Å². The lowest BCUT2D eigenvalue weighted by Crippen LogP contribution is -2.42. The Morgan fingerprint density at radius 1 is 0.925 bits per heavy atom. The molecule has 10 heteroatoms. The van der Waals surface area contributed by atoms with Crippen molar-refractivity contribution in [2.45, 2.75) is 52.6 Å². The predicted octanol–water partition coefficient (Wildman–Crippen LogP) is 2.47. The van der Waals surface area contributed by atoms with E-state index in [0.29, 0.717) is 37.4 Å². The highest BCUT2D eigenvalue weighted by Gasteiger charge is 2.20. The molecule has 4 amide bonds. The van der Waals surface area contributed by atoms with E-state index < -0.39 is 17.9 Å². The lowest BCUT2D eigenvalue weighted by Gasteiger charge is -2.22. The predicted molar refractivity (Wildman–Crippen MR) is 155 cm³/mol. The van der Waals surface area contributed by atoms with Crippen LogP contribution in [-0.2, 0) is 16.1 Å². The second-order valence-electron chi connectivity index (χ2n) is 9.83. The number of hydrogen-bond acceptors (Lipinski definition) is 6. The number of ether oxygens (including phenoxy) is 1. The molecule has 0 spiro atoms. The summed E-state index contributed by atoms with van der Waals surface area (Å²) in [6.07, 6.45) is 1.97. The van der Waals surface area contributed by atoms with Crippen molar-refractivity contribution in [2.75, 3.05) is 33.3 Å². The van der Waals surface area contributed by atoms with Crippen molar-refractivity contribution in [1.82, 2.24) is 20.9 Å². The van der Waals surface area contributed by atoms with Crippen LogP contribution in [0.1, 0.15) is 66.3 Å². The maximum atomic E-state index is 13.1. The van der Waals surface area contributed by atoms with Crippen LogP contribution in [0.2, 0.25) is 0 Å². The quantitative estimate of drug-likeness (QED) is 0.252. The van der Waals surface area contributed by atoms with Gasteiger partial charge in [0.15, 0.2) is 0 Å². The SMILES string of the molecule is CCCN(CCC)C(=O)c1cc(OC)cc(C(=O)NCC(N)CC(C)C(=O)NCC(=O)NCc2ccccc2)c1. The van der Waals surface area contributed by atoms with Crippen LogP contribution in [0.4, 0.5) is 0 Å². The van der Waals surface area contributed by atoms with Crippen LogP contribution in [0.5, 0.6) is 5.75 Å². The first-order valence-corrected chi connectivity index (χ1v) is 13.8. The van der Waals surface area contributed by atoms with Crippen molar-refractivity contribution in [2.24, 2.45) is 11.7 Å². The number of nitrogens with two attached hydrogens (primary N) is 1. The van der Waals surface area contributed by atoms with Crippen molar-refractivity contribution in [3.05, 3.63) is 65.2 Å². The highest BCUT2D eigenvalue weighted by Crippen LogP contribution is 2.19. The Hall–Kier alpha value is -3.92. The molecule has 0 aromatic heterocycles. The minimum absolute atomic E-state index is 0.131. The third kappa shape index (κ3) is 10.7. The molecular weight excluding hydrogens is 510 g/mol. The van der Waals surface area contributed by atoms with E-state index in [9.17, 15) is 19.2 Å². The number of nitrogens with zero attached hydrogens (tertiary/aromatic N) is 1. The number of benzene rings is 2. The van der Waals surface area contributed by atoms with Crippen LogP contribution in [0.25, 0.3) is 0 Å². The fourth-order valence-electron chi connectivity index (χ4n) is 4.18. The van der Waals surface area contributed by atoms with Gasteiger partial charge in [-0.3, -0.25) is 19.2 Å².